The standard InChI is InChI=1S/C18H21ClN2O4S/c1-13(2)20-18(22)12-21(16-9-4-5-10-17(16)25-3)26(23,24)15-8-6-7-14(19)11-15/h4-11,13H,12H2,1-3H3,(H,20,22). The molecule has 8 heteroatoms. The molecule has 140 valence electrons. The van der Waals surface area contributed by atoms with E-state index in [4.69, 9.17) is 16.3 Å². The van der Waals surface area contributed by atoms with Crippen molar-refractivity contribution in [3.05, 3.63) is 53.6 Å². The minimum absolute atomic E-state index is 0.00625. The van der Waals surface area contributed by atoms with Gasteiger partial charge in [-0.05, 0) is 44.2 Å². The largest absolute Gasteiger partial charge is 0.495 e. The van der Waals surface area contributed by atoms with Crippen molar-refractivity contribution in [2.75, 3.05) is 18.0 Å². The summed E-state index contributed by atoms with van der Waals surface area (Å²) < 4.78 is 32.7. The molecular weight excluding hydrogens is 376 g/mol. The van der Waals surface area contributed by atoms with Gasteiger partial charge < -0.3 is 10.1 Å². The van der Waals surface area contributed by atoms with Crippen molar-refractivity contribution in [2.24, 2.45) is 0 Å². The SMILES string of the molecule is COc1ccccc1N(CC(=O)NC(C)C)S(=O)(=O)c1cccc(Cl)c1. The number of ether oxygens (including phenoxy) is 1. The Labute approximate surface area is 158 Å². The molecule has 0 aliphatic heterocycles. The first kappa shape index (κ1) is 20.1. The number of benzene rings is 2. The molecule has 1 amide bonds. The normalized spacial score (nSPS) is 11.3. The molecule has 0 aromatic heterocycles. The first-order valence-electron chi connectivity index (χ1n) is 7.96. The van der Waals surface area contributed by atoms with E-state index in [0.29, 0.717) is 5.75 Å². The van der Waals surface area contributed by atoms with Crippen molar-refractivity contribution in [2.45, 2.75) is 24.8 Å². The van der Waals surface area contributed by atoms with E-state index in [1.165, 1.54) is 19.2 Å². The number of sulfonamides is 1. The third kappa shape index (κ3) is 4.68. The quantitative estimate of drug-likeness (QED) is 0.780. The van der Waals surface area contributed by atoms with Gasteiger partial charge in [-0.25, -0.2) is 8.42 Å². The summed E-state index contributed by atoms with van der Waals surface area (Å²) in [4.78, 5) is 12.3. The molecule has 0 bridgehead atoms. The number of carbonyl (C=O) groups excluding carboxylic acids is 1. The van der Waals surface area contributed by atoms with Gasteiger partial charge in [0.1, 0.15) is 12.3 Å². The highest BCUT2D eigenvalue weighted by Gasteiger charge is 2.29. The number of nitrogens with zero attached hydrogens (tertiary/aromatic N) is 1. The molecule has 0 fully saturated rings. The van der Waals surface area contributed by atoms with Crippen LogP contribution in [0.15, 0.2) is 53.4 Å². The molecule has 26 heavy (non-hydrogen) atoms. The maximum absolute atomic E-state index is 13.2. The molecule has 6 nitrogen and oxygen atoms in total. The molecule has 0 heterocycles. The summed E-state index contributed by atoms with van der Waals surface area (Å²) in [5, 5.41) is 2.99. The second-order valence-corrected chi connectivity index (χ2v) is 8.16. The molecule has 0 spiro atoms. The average Bonchev–Trinajstić information content (AvgIpc) is 2.59. The maximum atomic E-state index is 13.2. The van der Waals surface area contributed by atoms with Crippen LogP contribution in [-0.4, -0.2) is 34.0 Å². The van der Waals surface area contributed by atoms with Gasteiger partial charge in [0.25, 0.3) is 10.0 Å². The minimum Gasteiger partial charge on any atom is -0.495 e. The number of amides is 1. The summed E-state index contributed by atoms with van der Waals surface area (Å²) in [6.45, 7) is 3.22. The zero-order valence-electron chi connectivity index (χ0n) is 14.8. The Kier molecular flexibility index (Phi) is 6.50. The highest BCUT2D eigenvalue weighted by molar-refractivity contribution is 7.92. The van der Waals surface area contributed by atoms with Gasteiger partial charge in [0, 0.05) is 11.1 Å². The lowest BCUT2D eigenvalue weighted by molar-refractivity contribution is -0.120. The van der Waals surface area contributed by atoms with E-state index < -0.39 is 15.9 Å². The molecule has 1 N–H and O–H groups in total. The molecule has 2 rings (SSSR count). The molecular formula is C18H21ClN2O4S. The van der Waals surface area contributed by atoms with Gasteiger partial charge in [-0.3, -0.25) is 9.10 Å². The molecule has 0 aliphatic carbocycles. The van der Waals surface area contributed by atoms with Crippen LogP contribution in [0.25, 0.3) is 0 Å². The van der Waals surface area contributed by atoms with E-state index >= 15 is 0 Å². The van der Waals surface area contributed by atoms with Crippen LogP contribution >= 0.6 is 11.6 Å². The third-order valence-corrected chi connectivity index (χ3v) is 5.47. The number of carbonyl (C=O) groups is 1. The van der Waals surface area contributed by atoms with Crippen molar-refractivity contribution in [3.63, 3.8) is 0 Å². The van der Waals surface area contributed by atoms with Gasteiger partial charge >= 0.3 is 0 Å². The van der Waals surface area contributed by atoms with Crippen molar-refractivity contribution < 1.29 is 17.9 Å². The number of halogens is 1. The number of para-hydroxylation sites is 2. The molecule has 0 aliphatic rings. The number of hydrogen-bond acceptors (Lipinski definition) is 4. The maximum Gasteiger partial charge on any atom is 0.264 e. The smallest absolute Gasteiger partial charge is 0.264 e. The molecule has 0 saturated heterocycles. The van der Waals surface area contributed by atoms with E-state index in [1.807, 2.05) is 0 Å². The molecule has 0 radical (unpaired) electrons. The van der Waals surface area contributed by atoms with Crippen molar-refractivity contribution in [1.29, 1.82) is 0 Å². The summed E-state index contributed by atoms with van der Waals surface area (Å²) in [5.41, 5.74) is 0.272. The number of nitrogens with one attached hydrogen (secondary N) is 1. The van der Waals surface area contributed by atoms with Crippen LogP contribution in [0.4, 0.5) is 5.69 Å². The summed E-state index contributed by atoms with van der Waals surface area (Å²) in [5.74, 6) is -0.0769. The van der Waals surface area contributed by atoms with Crippen molar-refractivity contribution >= 4 is 33.2 Å². The third-order valence-electron chi connectivity index (χ3n) is 3.47. The van der Waals surface area contributed by atoms with E-state index in [1.54, 1.807) is 50.2 Å². The van der Waals surface area contributed by atoms with Crippen LogP contribution < -0.4 is 14.4 Å². The summed E-state index contributed by atoms with van der Waals surface area (Å²) in [6.07, 6.45) is 0. The average molecular weight is 397 g/mol. The Morgan fingerprint density at radius 3 is 2.50 bits per heavy atom. The van der Waals surface area contributed by atoms with Gasteiger partial charge in [0.2, 0.25) is 5.91 Å². The lowest BCUT2D eigenvalue weighted by Crippen LogP contribution is -2.43. The van der Waals surface area contributed by atoms with Gasteiger partial charge in [0.15, 0.2) is 0 Å². The Hall–Kier alpha value is -2.25. The van der Waals surface area contributed by atoms with Crippen LogP contribution in [-0.2, 0) is 14.8 Å². The van der Waals surface area contributed by atoms with E-state index in [9.17, 15) is 13.2 Å². The predicted octanol–water partition coefficient (Wildman–Crippen LogP) is 3.07. The summed E-state index contributed by atoms with van der Waals surface area (Å²) >= 11 is 5.95. The lowest BCUT2D eigenvalue weighted by atomic mass is 10.3. The van der Waals surface area contributed by atoms with Crippen LogP contribution in [0, 0.1) is 0 Å². The Morgan fingerprint density at radius 2 is 1.88 bits per heavy atom. The highest BCUT2D eigenvalue weighted by atomic mass is 35.5. The zero-order chi connectivity index (χ0) is 19.3. The molecule has 2 aromatic rings. The van der Waals surface area contributed by atoms with Crippen molar-refractivity contribution in [3.8, 4) is 5.75 Å². The molecule has 0 saturated carbocycles. The molecule has 2 aromatic carbocycles. The fourth-order valence-electron chi connectivity index (χ4n) is 2.39. The second-order valence-electron chi connectivity index (χ2n) is 5.86. The van der Waals surface area contributed by atoms with Gasteiger partial charge in [-0.1, -0.05) is 29.8 Å². The van der Waals surface area contributed by atoms with Crippen LogP contribution in [0.5, 0.6) is 5.75 Å². The van der Waals surface area contributed by atoms with Crippen molar-refractivity contribution in [1.82, 2.24) is 5.32 Å². The predicted molar refractivity (Wildman–Crippen MR) is 102 cm³/mol. The number of rotatable bonds is 7. The topological polar surface area (TPSA) is 75.7 Å². The first-order chi connectivity index (χ1) is 12.3. The van der Waals surface area contributed by atoms with Gasteiger partial charge in [-0.2, -0.15) is 0 Å². The molecule has 0 atom stereocenters. The van der Waals surface area contributed by atoms with E-state index in [-0.39, 0.29) is 28.2 Å². The minimum atomic E-state index is -4.03. The Bertz CT molecular complexity index is 884. The summed E-state index contributed by atoms with van der Waals surface area (Å²) in [7, 11) is -2.59. The summed E-state index contributed by atoms with van der Waals surface area (Å²) in [6, 6.07) is 12.4. The molecule has 0 unspecified atom stereocenters. The number of hydrogen-bond donors (Lipinski definition) is 1. The lowest BCUT2D eigenvalue weighted by Gasteiger charge is -2.26. The fourth-order valence-corrected chi connectivity index (χ4v) is 4.12. The monoisotopic (exact) mass is 396 g/mol. The van der Waals surface area contributed by atoms with Gasteiger partial charge in [0.05, 0.1) is 17.7 Å². The number of methoxy groups -OCH3 is 1. The second kappa shape index (κ2) is 8.42. The van der Waals surface area contributed by atoms with E-state index in [0.717, 1.165) is 4.31 Å². The fraction of sp³-hybridized carbons (Fsp3) is 0.278. The van der Waals surface area contributed by atoms with E-state index in [2.05, 4.69) is 5.32 Å². The highest BCUT2D eigenvalue weighted by Crippen LogP contribution is 2.32. The Balaban J connectivity index is 2.54. The van der Waals surface area contributed by atoms with Gasteiger partial charge in [-0.15, -0.1) is 0 Å². The Morgan fingerprint density at radius 1 is 1.19 bits per heavy atom. The van der Waals surface area contributed by atoms with Crippen LogP contribution in [0.3, 0.4) is 0 Å². The zero-order valence-corrected chi connectivity index (χ0v) is 16.3. The number of anilines is 1. The van der Waals surface area contributed by atoms with Crippen LogP contribution in [0.2, 0.25) is 5.02 Å². The van der Waals surface area contributed by atoms with Crippen LogP contribution in [0.1, 0.15) is 13.8 Å². The first-order valence-corrected chi connectivity index (χ1v) is 9.78.